The molecule has 1 aromatic rings. The highest BCUT2D eigenvalue weighted by atomic mass is 19.1. The second kappa shape index (κ2) is 5.78. The van der Waals surface area contributed by atoms with Crippen LogP contribution in [0.25, 0.3) is 0 Å². The van der Waals surface area contributed by atoms with Gasteiger partial charge >= 0.3 is 0 Å². The lowest BCUT2D eigenvalue weighted by atomic mass is 10.0. The fourth-order valence-electron chi connectivity index (χ4n) is 2.74. The van der Waals surface area contributed by atoms with Gasteiger partial charge in [0.1, 0.15) is 5.82 Å². The van der Waals surface area contributed by atoms with E-state index in [0.29, 0.717) is 12.5 Å². The summed E-state index contributed by atoms with van der Waals surface area (Å²) >= 11 is 0. The minimum atomic E-state index is -0.243. The van der Waals surface area contributed by atoms with Crippen LogP contribution >= 0.6 is 0 Å². The number of hydrogen-bond donors (Lipinski definition) is 2. The van der Waals surface area contributed by atoms with Gasteiger partial charge in [0, 0.05) is 19.1 Å². The highest BCUT2D eigenvalue weighted by Crippen LogP contribution is 2.26. The lowest BCUT2D eigenvalue weighted by Gasteiger charge is -2.25. The monoisotopic (exact) mass is 252 g/mol. The highest BCUT2D eigenvalue weighted by molar-refractivity contribution is 5.28. The summed E-state index contributed by atoms with van der Waals surface area (Å²) in [5.41, 5.74) is 7.57. The first-order valence-corrected chi connectivity index (χ1v) is 6.48. The minimum Gasteiger partial charge on any atom is -0.395 e. The number of aliphatic hydroxyl groups is 1. The van der Waals surface area contributed by atoms with E-state index in [1.807, 2.05) is 0 Å². The van der Waals surface area contributed by atoms with Gasteiger partial charge < -0.3 is 10.8 Å². The van der Waals surface area contributed by atoms with E-state index in [1.54, 1.807) is 6.07 Å². The number of aliphatic hydroxyl groups excluding tert-OH is 1. The maximum atomic E-state index is 13.1. The largest absolute Gasteiger partial charge is 0.395 e. The molecule has 0 bridgehead atoms. The Labute approximate surface area is 107 Å². The molecule has 3 N–H and O–H groups in total. The molecule has 0 amide bonds. The lowest BCUT2D eigenvalue weighted by molar-refractivity contribution is 0.134. The van der Waals surface area contributed by atoms with Crippen molar-refractivity contribution in [3.63, 3.8) is 0 Å². The maximum Gasteiger partial charge on any atom is 0.123 e. The second-order valence-electron chi connectivity index (χ2n) is 5.10. The predicted octanol–water partition coefficient (Wildman–Crippen LogP) is 1.49. The summed E-state index contributed by atoms with van der Waals surface area (Å²) in [5, 5.41) is 9.43. The van der Waals surface area contributed by atoms with Crippen LogP contribution in [-0.2, 0) is 13.1 Å². The quantitative estimate of drug-likeness (QED) is 0.853. The van der Waals surface area contributed by atoms with E-state index in [2.05, 4.69) is 11.8 Å². The fraction of sp³-hybridized carbons (Fsp3) is 0.571. The number of halogens is 1. The molecular formula is C14H21FN2O. The zero-order valence-corrected chi connectivity index (χ0v) is 10.8. The molecular weight excluding hydrogens is 231 g/mol. The molecule has 18 heavy (non-hydrogen) atoms. The van der Waals surface area contributed by atoms with E-state index in [4.69, 9.17) is 5.73 Å². The van der Waals surface area contributed by atoms with Gasteiger partial charge in [-0.2, -0.15) is 0 Å². The molecule has 1 heterocycles. The summed E-state index contributed by atoms with van der Waals surface area (Å²) in [6, 6.07) is 4.99. The van der Waals surface area contributed by atoms with E-state index < -0.39 is 0 Å². The Kier molecular flexibility index (Phi) is 4.32. The molecule has 2 rings (SSSR count). The van der Waals surface area contributed by atoms with Gasteiger partial charge in [-0.15, -0.1) is 0 Å². The van der Waals surface area contributed by atoms with Crippen molar-refractivity contribution in [2.75, 3.05) is 13.2 Å². The molecule has 0 aromatic heterocycles. The molecule has 1 aromatic carbocycles. The molecule has 0 aliphatic carbocycles. The Morgan fingerprint density at radius 2 is 2.22 bits per heavy atom. The zero-order chi connectivity index (χ0) is 13.1. The van der Waals surface area contributed by atoms with Crippen LogP contribution in [0.3, 0.4) is 0 Å². The lowest BCUT2D eigenvalue weighted by Crippen LogP contribution is -2.35. The number of nitrogens with zero attached hydrogens (tertiary/aromatic N) is 1. The number of hydrogen-bond acceptors (Lipinski definition) is 3. The van der Waals surface area contributed by atoms with Crippen molar-refractivity contribution >= 4 is 0 Å². The number of benzene rings is 1. The van der Waals surface area contributed by atoms with E-state index >= 15 is 0 Å². The molecule has 1 saturated heterocycles. The summed E-state index contributed by atoms with van der Waals surface area (Å²) in [7, 11) is 0. The van der Waals surface area contributed by atoms with Crippen LogP contribution in [0.1, 0.15) is 24.5 Å². The number of rotatable bonds is 4. The van der Waals surface area contributed by atoms with E-state index in [1.165, 1.54) is 12.1 Å². The van der Waals surface area contributed by atoms with E-state index in [9.17, 15) is 9.50 Å². The molecule has 0 saturated carbocycles. The Morgan fingerprint density at radius 1 is 1.44 bits per heavy atom. The fourth-order valence-corrected chi connectivity index (χ4v) is 2.74. The van der Waals surface area contributed by atoms with Gasteiger partial charge in [0.15, 0.2) is 0 Å². The van der Waals surface area contributed by atoms with Crippen molar-refractivity contribution in [1.29, 1.82) is 0 Å². The molecule has 1 fully saturated rings. The molecule has 1 aliphatic heterocycles. The Bertz CT molecular complexity index is 411. The third kappa shape index (κ3) is 2.71. The molecule has 0 spiro atoms. The first-order chi connectivity index (χ1) is 8.65. The van der Waals surface area contributed by atoms with Gasteiger partial charge in [-0.3, -0.25) is 4.90 Å². The Balaban J connectivity index is 2.14. The van der Waals surface area contributed by atoms with Crippen LogP contribution in [0, 0.1) is 11.7 Å². The van der Waals surface area contributed by atoms with Crippen LogP contribution in [0.4, 0.5) is 4.39 Å². The molecule has 3 nitrogen and oxygen atoms in total. The van der Waals surface area contributed by atoms with Gasteiger partial charge in [-0.1, -0.05) is 13.0 Å². The molecule has 2 unspecified atom stereocenters. The maximum absolute atomic E-state index is 13.1. The summed E-state index contributed by atoms with van der Waals surface area (Å²) in [6.45, 7) is 4.41. The van der Waals surface area contributed by atoms with Gasteiger partial charge in [0.2, 0.25) is 0 Å². The summed E-state index contributed by atoms with van der Waals surface area (Å²) in [5.74, 6) is 0.268. The number of nitrogens with two attached hydrogens (primary N) is 1. The SMILES string of the molecule is CC1CCN(Cc2ccc(F)cc2CN)C1CO. The van der Waals surface area contributed by atoms with Gasteiger partial charge in [-0.25, -0.2) is 4.39 Å². The third-order valence-corrected chi connectivity index (χ3v) is 3.95. The highest BCUT2D eigenvalue weighted by Gasteiger charge is 2.30. The van der Waals surface area contributed by atoms with Crippen LogP contribution in [0.15, 0.2) is 18.2 Å². The van der Waals surface area contributed by atoms with Gasteiger partial charge in [0.25, 0.3) is 0 Å². The first-order valence-electron chi connectivity index (χ1n) is 6.48. The smallest absolute Gasteiger partial charge is 0.123 e. The molecule has 100 valence electrons. The third-order valence-electron chi connectivity index (χ3n) is 3.95. The topological polar surface area (TPSA) is 49.5 Å². The van der Waals surface area contributed by atoms with Crippen LogP contribution in [0.5, 0.6) is 0 Å². The van der Waals surface area contributed by atoms with Gasteiger partial charge in [-0.05, 0) is 42.1 Å². The predicted molar refractivity (Wildman–Crippen MR) is 69.4 cm³/mol. The number of likely N-dealkylation sites (tertiary alicyclic amines) is 1. The van der Waals surface area contributed by atoms with Crippen molar-refractivity contribution in [2.24, 2.45) is 11.7 Å². The zero-order valence-electron chi connectivity index (χ0n) is 10.8. The summed E-state index contributed by atoms with van der Waals surface area (Å²) in [6.07, 6.45) is 1.10. The van der Waals surface area contributed by atoms with Crippen LogP contribution < -0.4 is 5.73 Å². The average molecular weight is 252 g/mol. The van der Waals surface area contributed by atoms with Crippen LogP contribution in [-0.4, -0.2) is 29.2 Å². The van der Waals surface area contributed by atoms with E-state index in [-0.39, 0.29) is 18.5 Å². The van der Waals surface area contributed by atoms with Gasteiger partial charge in [0.05, 0.1) is 6.61 Å². The van der Waals surface area contributed by atoms with Crippen molar-refractivity contribution < 1.29 is 9.50 Å². The van der Waals surface area contributed by atoms with Crippen molar-refractivity contribution in [3.05, 3.63) is 35.1 Å². The van der Waals surface area contributed by atoms with E-state index in [0.717, 1.165) is 30.6 Å². The van der Waals surface area contributed by atoms with Crippen molar-refractivity contribution in [1.82, 2.24) is 4.90 Å². The van der Waals surface area contributed by atoms with Crippen molar-refractivity contribution in [2.45, 2.75) is 32.5 Å². The summed E-state index contributed by atoms with van der Waals surface area (Å²) < 4.78 is 13.1. The van der Waals surface area contributed by atoms with Crippen molar-refractivity contribution in [3.8, 4) is 0 Å². The normalized spacial score (nSPS) is 24.7. The molecule has 2 atom stereocenters. The Morgan fingerprint density at radius 3 is 2.89 bits per heavy atom. The molecule has 4 heteroatoms. The second-order valence-corrected chi connectivity index (χ2v) is 5.10. The standard InChI is InChI=1S/C14H21FN2O/c1-10-4-5-17(14(10)9-18)8-11-2-3-13(15)6-12(11)7-16/h2-3,6,10,14,18H,4-5,7-9,16H2,1H3. The summed E-state index contributed by atoms with van der Waals surface area (Å²) in [4.78, 5) is 2.26. The Hall–Kier alpha value is -0.970. The minimum absolute atomic E-state index is 0.181. The molecule has 1 aliphatic rings. The van der Waals surface area contributed by atoms with Crippen LogP contribution in [0.2, 0.25) is 0 Å². The first kappa shape index (κ1) is 13.5. The average Bonchev–Trinajstić information content (AvgIpc) is 2.72. The molecule has 0 radical (unpaired) electrons.